The molecule has 2 rings (SSSR count). The summed E-state index contributed by atoms with van der Waals surface area (Å²) in [6.45, 7) is 4.98. The van der Waals surface area contributed by atoms with Crippen LogP contribution in [0.2, 0.25) is 5.02 Å². The summed E-state index contributed by atoms with van der Waals surface area (Å²) >= 11 is 6.16. The minimum atomic E-state index is -0.546. The Bertz CT molecular complexity index is 873. The zero-order chi connectivity index (χ0) is 22.6. The smallest absolute Gasteiger partial charge is 0.253 e. The highest BCUT2D eigenvalue weighted by Crippen LogP contribution is 2.21. The Kier molecular flexibility index (Phi) is 10.0. The lowest BCUT2D eigenvalue weighted by Crippen LogP contribution is -2.43. The van der Waals surface area contributed by atoms with Crippen molar-refractivity contribution in [2.45, 2.75) is 39.2 Å². The van der Waals surface area contributed by atoms with Crippen molar-refractivity contribution in [1.82, 2.24) is 15.5 Å². The predicted molar refractivity (Wildman–Crippen MR) is 123 cm³/mol. The van der Waals surface area contributed by atoms with Gasteiger partial charge in [-0.25, -0.2) is 0 Å². The summed E-state index contributed by atoms with van der Waals surface area (Å²) in [4.78, 5) is 39.6. The fourth-order valence-electron chi connectivity index (χ4n) is 3.18. The van der Waals surface area contributed by atoms with E-state index < -0.39 is 6.04 Å². The van der Waals surface area contributed by atoms with Crippen LogP contribution in [0.1, 0.15) is 55.1 Å². The summed E-state index contributed by atoms with van der Waals surface area (Å²) in [5.74, 6) is -0.725. The van der Waals surface area contributed by atoms with Gasteiger partial charge in [0.2, 0.25) is 11.8 Å². The van der Waals surface area contributed by atoms with Crippen LogP contribution < -0.4 is 10.6 Å². The number of carbonyl (C=O) groups excluding carboxylic acids is 3. The van der Waals surface area contributed by atoms with Crippen LogP contribution in [0.15, 0.2) is 54.6 Å². The van der Waals surface area contributed by atoms with Crippen molar-refractivity contribution in [3.63, 3.8) is 0 Å². The van der Waals surface area contributed by atoms with Crippen molar-refractivity contribution in [1.29, 1.82) is 0 Å². The van der Waals surface area contributed by atoms with Crippen LogP contribution in [-0.2, 0) is 9.59 Å². The third-order valence-corrected chi connectivity index (χ3v) is 5.09. The molecule has 7 heteroatoms. The highest BCUT2D eigenvalue weighted by Gasteiger charge is 2.24. The van der Waals surface area contributed by atoms with Crippen LogP contribution in [-0.4, -0.2) is 42.3 Å². The molecule has 6 nitrogen and oxygen atoms in total. The third kappa shape index (κ3) is 7.72. The standard InChI is InChI=1S/C24H30ClN3O3/c1-3-14-26-22(29)17-28(15-4-2)23(30)16-21(18-10-6-5-7-11-18)27-24(31)19-12-8-9-13-20(19)25/h5-13,21H,3-4,14-17H2,1-2H3,(H,26,29)(H,27,31). The second kappa shape index (κ2) is 12.7. The lowest BCUT2D eigenvalue weighted by atomic mass is 10.0. The molecule has 0 aliphatic heterocycles. The van der Waals surface area contributed by atoms with E-state index >= 15 is 0 Å². The molecule has 0 aliphatic carbocycles. The molecular weight excluding hydrogens is 414 g/mol. The van der Waals surface area contributed by atoms with E-state index in [1.165, 1.54) is 0 Å². The molecule has 0 aliphatic rings. The topological polar surface area (TPSA) is 78.5 Å². The second-order valence-electron chi connectivity index (χ2n) is 7.29. The molecule has 2 aromatic rings. The maximum absolute atomic E-state index is 13.1. The molecule has 2 N–H and O–H groups in total. The molecule has 0 heterocycles. The maximum Gasteiger partial charge on any atom is 0.253 e. The van der Waals surface area contributed by atoms with Gasteiger partial charge in [0.25, 0.3) is 5.91 Å². The molecule has 0 radical (unpaired) electrons. The summed E-state index contributed by atoms with van der Waals surface area (Å²) in [6.07, 6.45) is 1.60. The molecule has 0 saturated carbocycles. The van der Waals surface area contributed by atoms with E-state index in [2.05, 4.69) is 10.6 Å². The van der Waals surface area contributed by atoms with Crippen LogP contribution >= 0.6 is 11.6 Å². The van der Waals surface area contributed by atoms with Gasteiger partial charge in [0.15, 0.2) is 0 Å². The Labute approximate surface area is 189 Å². The Morgan fingerprint density at radius 2 is 1.65 bits per heavy atom. The SMILES string of the molecule is CCCNC(=O)CN(CCC)C(=O)CC(NC(=O)c1ccccc1Cl)c1ccccc1. The van der Waals surface area contributed by atoms with Crippen molar-refractivity contribution in [2.24, 2.45) is 0 Å². The van der Waals surface area contributed by atoms with Crippen molar-refractivity contribution in [2.75, 3.05) is 19.6 Å². The number of nitrogens with zero attached hydrogens (tertiary/aromatic N) is 1. The van der Waals surface area contributed by atoms with Crippen LogP contribution in [0.3, 0.4) is 0 Å². The summed E-state index contributed by atoms with van der Waals surface area (Å²) in [7, 11) is 0. The monoisotopic (exact) mass is 443 g/mol. The average molecular weight is 444 g/mol. The molecule has 0 fully saturated rings. The molecule has 1 atom stereocenters. The lowest BCUT2D eigenvalue weighted by molar-refractivity contribution is -0.136. The minimum Gasteiger partial charge on any atom is -0.355 e. The van der Waals surface area contributed by atoms with E-state index in [4.69, 9.17) is 11.6 Å². The Morgan fingerprint density at radius 1 is 0.968 bits per heavy atom. The van der Waals surface area contributed by atoms with E-state index in [1.54, 1.807) is 29.2 Å². The Morgan fingerprint density at radius 3 is 2.29 bits per heavy atom. The molecule has 2 aromatic carbocycles. The molecule has 3 amide bonds. The zero-order valence-corrected chi connectivity index (χ0v) is 18.8. The number of amides is 3. The summed E-state index contributed by atoms with van der Waals surface area (Å²) < 4.78 is 0. The van der Waals surface area contributed by atoms with Gasteiger partial charge in [0.05, 0.1) is 29.6 Å². The number of benzene rings is 2. The fraction of sp³-hybridized carbons (Fsp3) is 0.375. The van der Waals surface area contributed by atoms with Crippen molar-refractivity contribution < 1.29 is 14.4 Å². The molecule has 0 saturated heterocycles. The Balaban J connectivity index is 2.17. The number of hydrogen-bond acceptors (Lipinski definition) is 3. The largest absolute Gasteiger partial charge is 0.355 e. The van der Waals surface area contributed by atoms with Gasteiger partial charge in [-0.2, -0.15) is 0 Å². The molecular formula is C24H30ClN3O3. The van der Waals surface area contributed by atoms with Gasteiger partial charge in [-0.05, 0) is 30.5 Å². The van der Waals surface area contributed by atoms with Gasteiger partial charge in [-0.3, -0.25) is 14.4 Å². The molecule has 0 aromatic heterocycles. The van der Waals surface area contributed by atoms with Crippen LogP contribution in [0.5, 0.6) is 0 Å². The molecule has 166 valence electrons. The van der Waals surface area contributed by atoms with E-state index in [0.717, 1.165) is 18.4 Å². The quantitative estimate of drug-likeness (QED) is 0.551. The van der Waals surface area contributed by atoms with Crippen molar-refractivity contribution >= 4 is 29.3 Å². The third-order valence-electron chi connectivity index (χ3n) is 4.76. The summed E-state index contributed by atoms with van der Waals surface area (Å²) in [6, 6.07) is 15.6. The number of nitrogens with one attached hydrogen (secondary N) is 2. The maximum atomic E-state index is 13.1. The number of rotatable bonds is 11. The van der Waals surface area contributed by atoms with E-state index in [-0.39, 0.29) is 30.7 Å². The second-order valence-corrected chi connectivity index (χ2v) is 7.69. The highest BCUT2D eigenvalue weighted by atomic mass is 35.5. The van der Waals surface area contributed by atoms with Crippen LogP contribution in [0, 0.1) is 0 Å². The van der Waals surface area contributed by atoms with Gasteiger partial charge in [-0.15, -0.1) is 0 Å². The van der Waals surface area contributed by atoms with Gasteiger partial charge in [0.1, 0.15) is 0 Å². The first kappa shape index (κ1) is 24.4. The van der Waals surface area contributed by atoms with Gasteiger partial charge in [-0.1, -0.05) is 67.9 Å². The van der Waals surface area contributed by atoms with Gasteiger partial charge >= 0.3 is 0 Å². The number of halogens is 1. The normalized spacial score (nSPS) is 11.5. The molecule has 31 heavy (non-hydrogen) atoms. The average Bonchev–Trinajstić information content (AvgIpc) is 2.77. The molecule has 1 unspecified atom stereocenters. The fourth-order valence-corrected chi connectivity index (χ4v) is 3.40. The van der Waals surface area contributed by atoms with Crippen molar-refractivity contribution in [3.05, 3.63) is 70.7 Å². The van der Waals surface area contributed by atoms with E-state index in [9.17, 15) is 14.4 Å². The Hall–Kier alpha value is -2.86. The zero-order valence-electron chi connectivity index (χ0n) is 18.1. The minimum absolute atomic E-state index is 0.00659. The first-order valence-electron chi connectivity index (χ1n) is 10.6. The van der Waals surface area contributed by atoms with Crippen molar-refractivity contribution in [3.8, 4) is 0 Å². The van der Waals surface area contributed by atoms with Crippen LogP contribution in [0.4, 0.5) is 0 Å². The highest BCUT2D eigenvalue weighted by molar-refractivity contribution is 6.33. The molecule has 0 spiro atoms. The van der Waals surface area contributed by atoms with Gasteiger partial charge < -0.3 is 15.5 Å². The first-order valence-corrected chi connectivity index (χ1v) is 11.0. The first-order chi connectivity index (χ1) is 15.0. The number of hydrogen-bond donors (Lipinski definition) is 2. The number of carbonyl (C=O) groups is 3. The van der Waals surface area contributed by atoms with Gasteiger partial charge in [0, 0.05) is 13.1 Å². The van der Waals surface area contributed by atoms with E-state index in [1.807, 2.05) is 44.2 Å². The summed E-state index contributed by atoms with van der Waals surface area (Å²) in [5.41, 5.74) is 1.16. The molecule has 0 bridgehead atoms. The predicted octanol–water partition coefficient (Wildman–Crippen LogP) is 3.97. The van der Waals surface area contributed by atoms with E-state index in [0.29, 0.717) is 23.7 Å². The summed E-state index contributed by atoms with van der Waals surface area (Å²) in [5, 5.41) is 6.08. The van der Waals surface area contributed by atoms with Crippen LogP contribution in [0.25, 0.3) is 0 Å². The lowest BCUT2D eigenvalue weighted by Gasteiger charge is -2.25.